The van der Waals surface area contributed by atoms with Gasteiger partial charge in [0.2, 0.25) is 17.8 Å². The predicted molar refractivity (Wildman–Crippen MR) is 112 cm³/mol. The van der Waals surface area contributed by atoms with Crippen molar-refractivity contribution in [3.05, 3.63) is 65.5 Å². The van der Waals surface area contributed by atoms with Gasteiger partial charge in [0.05, 0.1) is 13.5 Å². The van der Waals surface area contributed by atoms with Crippen molar-refractivity contribution >= 4 is 23.7 Å². The monoisotopic (exact) mass is 446 g/mol. The van der Waals surface area contributed by atoms with Crippen molar-refractivity contribution in [3.8, 4) is 0 Å². The van der Waals surface area contributed by atoms with Gasteiger partial charge < -0.3 is 10.1 Å². The van der Waals surface area contributed by atoms with Crippen LogP contribution in [0.25, 0.3) is 0 Å². The molecule has 1 aromatic heterocycles. The van der Waals surface area contributed by atoms with Crippen LogP contribution in [0.15, 0.2) is 42.7 Å². The molecule has 0 aliphatic rings. The smallest absolute Gasteiger partial charge is 0.330 e. The average molecular weight is 446 g/mol. The van der Waals surface area contributed by atoms with E-state index in [-0.39, 0.29) is 17.9 Å². The quantitative estimate of drug-likeness (QED) is 0.429. The normalized spacial score (nSPS) is 11.8. The van der Waals surface area contributed by atoms with E-state index in [9.17, 15) is 23.2 Å². The summed E-state index contributed by atoms with van der Waals surface area (Å²) >= 11 is 0. The van der Waals surface area contributed by atoms with E-state index >= 15 is 0 Å². The molecule has 32 heavy (non-hydrogen) atoms. The first-order chi connectivity index (χ1) is 15.3. The summed E-state index contributed by atoms with van der Waals surface area (Å²) in [4.78, 5) is 44.0. The van der Waals surface area contributed by atoms with Crippen LogP contribution >= 0.6 is 0 Å². The maximum Gasteiger partial charge on any atom is 0.330 e. The Hall–Kier alpha value is -3.69. The Bertz CT molecular complexity index is 960. The lowest BCUT2D eigenvalue weighted by Gasteiger charge is -2.17. The van der Waals surface area contributed by atoms with Gasteiger partial charge >= 0.3 is 5.97 Å². The second-order valence-electron chi connectivity index (χ2n) is 6.90. The number of esters is 1. The van der Waals surface area contributed by atoms with Crippen LogP contribution in [0.3, 0.4) is 0 Å². The lowest BCUT2D eigenvalue weighted by Crippen LogP contribution is -2.44. The molecule has 0 aliphatic heterocycles. The van der Waals surface area contributed by atoms with Crippen LogP contribution < -0.4 is 10.6 Å². The molecule has 0 radical (unpaired) electrons. The van der Waals surface area contributed by atoms with Crippen molar-refractivity contribution < 1.29 is 27.9 Å². The van der Waals surface area contributed by atoms with Crippen LogP contribution in [-0.2, 0) is 32.0 Å². The molecular formula is C22H24F2N4O4. The molecule has 2 amide bonds. The number of hydrogen-bond acceptors (Lipinski definition) is 6. The lowest BCUT2D eigenvalue weighted by molar-refractivity contribution is -0.134. The lowest BCUT2D eigenvalue weighted by atomic mass is 10.1. The Kier molecular flexibility index (Phi) is 9.40. The van der Waals surface area contributed by atoms with Crippen LogP contribution in [-0.4, -0.2) is 40.9 Å². The van der Waals surface area contributed by atoms with Gasteiger partial charge in [0.15, 0.2) is 0 Å². The molecule has 170 valence electrons. The van der Waals surface area contributed by atoms with Crippen molar-refractivity contribution in [2.24, 2.45) is 0 Å². The van der Waals surface area contributed by atoms with Crippen molar-refractivity contribution in [1.82, 2.24) is 15.3 Å². The largest absolute Gasteiger partial charge is 0.466 e. The van der Waals surface area contributed by atoms with Gasteiger partial charge in [-0.3, -0.25) is 14.9 Å². The number of amides is 2. The Labute approximate surface area is 184 Å². The van der Waals surface area contributed by atoms with Crippen LogP contribution in [0.5, 0.6) is 0 Å². The Balaban J connectivity index is 1.95. The molecule has 2 rings (SSSR count). The molecular weight excluding hydrogens is 422 g/mol. The number of carbonyl (C=O) groups excluding carboxylic acids is 3. The summed E-state index contributed by atoms with van der Waals surface area (Å²) in [6.45, 7) is 1.85. The topological polar surface area (TPSA) is 110 Å². The van der Waals surface area contributed by atoms with Gasteiger partial charge in [-0.05, 0) is 36.1 Å². The number of allylic oxidation sites excluding steroid dienone is 1. The van der Waals surface area contributed by atoms with Crippen molar-refractivity contribution in [2.45, 2.75) is 38.6 Å². The molecule has 10 heteroatoms. The second kappa shape index (κ2) is 12.2. The fraction of sp³-hybridized carbons (Fsp3) is 0.318. The molecule has 2 N–H and O–H groups in total. The van der Waals surface area contributed by atoms with E-state index in [0.29, 0.717) is 24.8 Å². The van der Waals surface area contributed by atoms with Crippen LogP contribution in [0.2, 0.25) is 0 Å². The highest BCUT2D eigenvalue weighted by Gasteiger charge is 2.21. The number of benzene rings is 1. The zero-order chi connectivity index (χ0) is 23.5. The number of hydrogen-bond donors (Lipinski definition) is 2. The van der Waals surface area contributed by atoms with Gasteiger partial charge in [-0.25, -0.2) is 23.5 Å². The van der Waals surface area contributed by atoms with Gasteiger partial charge in [0.25, 0.3) is 0 Å². The zero-order valence-corrected chi connectivity index (χ0v) is 17.7. The summed E-state index contributed by atoms with van der Waals surface area (Å²) in [6.07, 6.45) is 6.97. The fourth-order valence-electron chi connectivity index (χ4n) is 2.78. The van der Waals surface area contributed by atoms with Gasteiger partial charge in [-0.15, -0.1) is 0 Å². The molecule has 0 saturated carbocycles. The molecule has 0 aliphatic carbocycles. The number of halogens is 2. The number of nitrogens with one attached hydrogen (secondary N) is 2. The summed E-state index contributed by atoms with van der Waals surface area (Å²) in [7, 11) is 1.28. The number of methoxy groups -OCH3 is 1. The zero-order valence-electron chi connectivity index (χ0n) is 17.7. The fourth-order valence-corrected chi connectivity index (χ4v) is 2.78. The second-order valence-corrected chi connectivity index (χ2v) is 6.90. The molecule has 2 aromatic rings. The standard InChI is InChI=1S/C22H24F2N4O4/c1-3-5-18(27-19(29)10-15-8-16(23)11-17(24)9-15)21(31)28-22-25-12-14(13-26-22)6-4-7-20(30)32-2/h4,7-9,11-13,18H,3,5-6,10H2,1-2H3,(H,27,29)(H,25,26,28,31)/b7-4+. The maximum absolute atomic E-state index is 13.3. The van der Waals surface area contributed by atoms with Gasteiger partial charge in [-0.2, -0.15) is 0 Å². The van der Waals surface area contributed by atoms with Crippen LogP contribution in [0.4, 0.5) is 14.7 Å². The van der Waals surface area contributed by atoms with E-state index in [2.05, 4.69) is 25.3 Å². The Morgan fingerprint density at radius 2 is 1.75 bits per heavy atom. The number of ether oxygens (including phenoxy) is 1. The summed E-state index contributed by atoms with van der Waals surface area (Å²) in [5.41, 5.74) is 0.875. The highest BCUT2D eigenvalue weighted by Crippen LogP contribution is 2.10. The molecule has 0 bridgehead atoms. The van der Waals surface area contributed by atoms with Gasteiger partial charge in [0.1, 0.15) is 17.7 Å². The highest BCUT2D eigenvalue weighted by atomic mass is 19.1. The van der Waals surface area contributed by atoms with E-state index < -0.39 is 35.5 Å². The minimum Gasteiger partial charge on any atom is -0.466 e. The summed E-state index contributed by atoms with van der Waals surface area (Å²) < 4.78 is 31.1. The molecule has 0 spiro atoms. The molecule has 8 nitrogen and oxygen atoms in total. The minimum absolute atomic E-state index is 0.0539. The van der Waals surface area contributed by atoms with E-state index in [4.69, 9.17) is 0 Å². The third-order valence-electron chi connectivity index (χ3n) is 4.27. The Morgan fingerprint density at radius 1 is 1.09 bits per heavy atom. The summed E-state index contributed by atoms with van der Waals surface area (Å²) in [6, 6.07) is 1.98. The summed E-state index contributed by atoms with van der Waals surface area (Å²) in [5, 5.41) is 5.11. The van der Waals surface area contributed by atoms with Gasteiger partial charge in [-0.1, -0.05) is 19.4 Å². The van der Waals surface area contributed by atoms with Crippen molar-refractivity contribution in [2.75, 3.05) is 12.4 Å². The van der Waals surface area contributed by atoms with Crippen LogP contribution in [0.1, 0.15) is 30.9 Å². The molecule has 0 saturated heterocycles. The number of rotatable bonds is 10. The number of anilines is 1. The number of aromatic nitrogens is 2. The average Bonchev–Trinajstić information content (AvgIpc) is 2.73. The molecule has 1 heterocycles. The first-order valence-electron chi connectivity index (χ1n) is 9.91. The Morgan fingerprint density at radius 3 is 2.34 bits per heavy atom. The first-order valence-corrected chi connectivity index (χ1v) is 9.91. The van der Waals surface area contributed by atoms with Crippen LogP contribution in [0, 0.1) is 11.6 Å². The third-order valence-corrected chi connectivity index (χ3v) is 4.27. The summed E-state index contributed by atoms with van der Waals surface area (Å²) in [5.74, 6) is -3.03. The number of nitrogens with zero attached hydrogens (tertiary/aromatic N) is 2. The molecule has 0 fully saturated rings. The molecule has 1 atom stereocenters. The van der Waals surface area contributed by atoms with E-state index in [1.807, 2.05) is 6.92 Å². The minimum atomic E-state index is -0.864. The highest BCUT2D eigenvalue weighted by molar-refractivity contribution is 5.96. The van der Waals surface area contributed by atoms with Gasteiger partial charge in [0, 0.05) is 24.5 Å². The SMILES string of the molecule is CCCC(NC(=O)Cc1cc(F)cc(F)c1)C(=O)Nc1ncc(C/C=C/C(=O)OC)cn1. The third kappa shape index (κ3) is 8.21. The van der Waals surface area contributed by atoms with Crippen molar-refractivity contribution in [3.63, 3.8) is 0 Å². The predicted octanol–water partition coefficient (Wildman–Crippen LogP) is 2.49. The maximum atomic E-state index is 13.3. The first kappa shape index (κ1) is 24.6. The van der Waals surface area contributed by atoms with E-state index in [1.54, 1.807) is 6.08 Å². The number of carbonyl (C=O) groups is 3. The van der Waals surface area contributed by atoms with E-state index in [1.165, 1.54) is 25.6 Å². The van der Waals surface area contributed by atoms with Crippen molar-refractivity contribution in [1.29, 1.82) is 0 Å². The molecule has 1 aromatic carbocycles. The van der Waals surface area contributed by atoms with E-state index in [0.717, 1.165) is 18.2 Å². The molecule has 1 unspecified atom stereocenters.